The van der Waals surface area contributed by atoms with Gasteiger partial charge in [0.15, 0.2) is 0 Å². The molecular weight excluding hydrogens is 289 g/mol. The number of alkyl halides is 3. The van der Waals surface area contributed by atoms with Crippen molar-refractivity contribution in [3.05, 3.63) is 35.4 Å². The first-order chi connectivity index (χ1) is 9.78. The van der Waals surface area contributed by atoms with E-state index in [2.05, 4.69) is 5.32 Å². The number of carboxylic acid groups (broad SMARTS) is 1. The molecule has 1 amide bonds. The molecule has 116 valence electrons. The Bertz CT molecular complexity index is 504. The maximum Gasteiger partial charge on any atom is 0.401 e. The van der Waals surface area contributed by atoms with E-state index < -0.39 is 31.1 Å². The molecule has 0 spiro atoms. The number of aliphatic carboxylic acids is 1. The van der Waals surface area contributed by atoms with Crippen LogP contribution in [0, 0.1) is 0 Å². The lowest BCUT2D eigenvalue weighted by atomic mass is 10.0. The lowest BCUT2D eigenvalue weighted by Crippen LogP contribution is -2.38. The van der Waals surface area contributed by atoms with Crippen molar-refractivity contribution >= 4 is 11.9 Å². The summed E-state index contributed by atoms with van der Waals surface area (Å²) >= 11 is 0. The van der Waals surface area contributed by atoms with Gasteiger partial charge < -0.3 is 15.7 Å². The number of carboxylic acids is 1. The first-order valence-electron chi connectivity index (χ1n) is 6.10. The van der Waals surface area contributed by atoms with Crippen molar-refractivity contribution in [2.75, 3.05) is 13.1 Å². The van der Waals surface area contributed by atoms with E-state index >= 15 is 0 Å². The predicted molar refractivity (Wildman–Crippen MR) is 68.6 cm³/mol. The van der Waals surface area contributed by atoms with E-state index in [0.29, 0.717) is 11.1 Å². The lowest BCUT2D eigenvalue weighted by molar-refractivity contribution is -0.136. The van der Waals surface area contributed by atoms with Crippen LogP contribution in [-0.4, -0.2) is 36.2 Å². The van der Waals surface area contributed by atoms with Crippen molar-refractivity contribution in [3.8, 4) is 0 Å². The Labute approximate surface area is 119 Å². The number of nitrogens with one attached hydrogen (secondary N) is 2. The highest BCUT2D eigenvalue weighted by atomic mass is 19.4. The Hall–Kier alpha value is -2.09. The number of carbonyl (C=O) groups is 2. The second-order valence-corrected chi connectivity index (χ2v) is 4.33. The van der Waals surface area contributed by atoms with Crippen molar-refractivity contribution in [1.29, 1.82) is 0 Å². The van der Waals surface area contributed by atoms with E-state index in [4.69, 9.17) is 5.11 Å². The van der Waals surface area contributed by atoms with E-state index in [1.807, 2.05) is 5.32 Å². The summed E-state index contributed by atoms with van der Waals surface area (Å²) < 4.78 is 35.6. The minimum absolute atomic E-state index is 0.0655. The number of benzene rings is 1. The number of rotatable bonds is 7. The number of carbonyl (C=O) groups excluding carboxylic acids is 1. The SMILES string of the molecule is O=C(O)Cc1ccccc1CNC(=O)CNCC(F)(F)F. The quantitative estimate of drug-likeness (QED) is 0.704. The van der Waals surface area contributed by atoms with Crippen molar-refractivity contribution in [2.45, 2.75) is 19.1 Å². The smallest absolute Gasteiger partial charge is 0.401 e. The highest BCUT2D eigenvalue weighted by Gasteiger charge is 2.26. The molecule has 0 saturated carbocycles. The van der Waals surface area contributed by atoms with Crippen LogP contribution in [0.1, 0.15) is 11.1 Å². The fourth-order valence-corrected chi connectivity index (χ4v) is 1.64. The van der Waals surface area contributed by atoms with Gasteiger partial charge in [0.25, 0.3) is 0 Å². The second kappa shape index (κ2) is 7.63. The van der Waals surface area contributed by atoms with Gasteiger partial charge in [0, 0.05) is 6.54 Å². The summed E-state index contributed by atoms with van der Waals surface area (Å²) in [5.41, 5.74) is 1.16. The predicted octanol–water partition coefficient (Wildman–Crippen LogP) is 1.08. The van der Waals surface area contributed by atoms with Gasteiger partial charge in [-0.15, -0.1) is 0 Å². The molecule has 0 fully saturated rings. The highest BCUT2D eigenvalue weighted by molar-refractivity contribution is 5.78. The Balaban J connectivity index is 2.44. The molecule has 21 heavy (non-hydrogen) atoms. The van der Waals surface area contributed by atoms with Crippen LogP contribution in [-0.2, 0) is 22.6 Å². The third-order valence-corrected chi connectivity index (χ3v) is 2.55. The van der Waals surface area contributed by atoms with E-state index in [1.54, 1.807) is 24.3 Å². The van der Waals surface area contributed by atoms with Gasteiger partial charge >= 0.3 is 12.1 Å². The minimum atomic E-state index is -4.37. The zero-order valence-corrected chi connectivity index (χ0v) is 11.0. The molecule has 5 nitrogen and oxygen atoms in total. The van der Waals surface area contributed by atoms with Gasteiger partial charge in [-0.25, -0.2) is 0 Å². The molecule has 0 heterocycles. The Kier molecular flexibility index (Phi) is 6.16. The molecule has 0 radical (unpaired) electrons. The Morgan fingerprint density at radius 1 is 1.14 bits per heavy atom. The monoisotopic (exact) mass is 304 g/mol. The fourth-order valence-electron chi connectivity index (χ4n) is 1.64. The normalized spacial score (nSPS) is 11.2. The van der Waals surface area contributed by atoms with Crippen LogP contribution < -0.4 is 10.6 Å². The van der Waals surface area contributed by atoms with Crippen LogP contribution in [0.3, 0.4) is 0 Å². The fraction of sp³-hybridized carbons (Fsp3) is 0.385. The summed E-state index contributed by atoms with van der Waals surface area (Å²) in [5.74, 6) is -1.59. The van der Waals surface area contributed by atoms with Crippen molar-refractivity contribution in [1.82, 2.24) is 10.6 Å². The highest BCUT2D eigenvalue weighted by Crippen LogP contribution is 2.12. The Morgan fingerprint density at radius 3 is 2.33 bits per heavy atom. The number of hydrogen-bond acceptors (Lipinski definition) is 3. The average Bonchev–Trinajstić information content (AvgIpc) is 2.35. The van der Waals surface area contributed by atoms with Crippen LogP contribution >= 0.6 is 0 Å². The standard InChI is InChI=1S/C13H15F3N2O3/c14-13(15,16)8-17-7-11(19)18-6-10-4-2-1-3-9(10)5-12(20)21/h1-4,17H,5-8H2,(H,18,19)(H,20,21). The van der Waals surface area contributed by atoms with Gasteiger partial charge in [-0.2, -0.15) is 13.2 Å². The summed E-state index contributed by atoms with van der Waals surface area (Å²) in [6.45, 7) is -1.63. The molecule has 3 N–H and O–H groups in total. The summed E-state index contributed by atoms with van der Waals surface area (Å²) in [5, 5.41) is 13.2. The molecule has 0 atom stereocenters. The van der Waals surface area contributed by atoms with E-state index in [0.717, 1.165) is 0 Å². The van der Waals surface area contributed by atoms with E-state index in [9.17, 15) is 22.8 Å². The van der Waals surface area contributed by atoms with Crippen molar-refractivity contribution in [3.63, 3.8) is 0 Å². The molecule has 0 saturated heterocycles. The zero-order valence-electron chi connectivity index (χ0n) is 11.0. The van der Waals surface area contributed by atoms with Gasteiger partial charge in [0.05, 0.1) is 19.5 Å². The molecule has 8 heteroatoms. The third kappa shape index (κ3) is 7.31. The lowest BCUT2D eigenvalue weighted by Gasteiger charge is -2.11. The molecule has 0 unspecified atom stereocenters. The zero-order chi connectivity index (χ0) is 15.9. The molecule has 0 aliphatic rings. The molecular formula is C13H15F3N2O3. The van der Waals surface area contributed by atoms with Gasteiger partial charge in [-0.05, 0) is 11.1 Å². The summed E-state index contributed by atoms with van der Waals surface area (Å²) in [6.07, 6.45) is -4.55. The molecule has 1 rings (SSSR count). The largest absolute Gasteiger partial charge is 0.481 e. The maximum absolute atomic E-state index is 11.9. The van der Waals surface area contributed by atoms with Crippen molar-refractivity contribution in [2.24, 2.45) is 0 Å². The molecule has 1 aromatic rings. The first kappa shape index (κ1) is 17.0. The molecule has 0 bridgehead atoms. The van der Waals surface area contributed by atoms with E-state index in [-0.39, 0.29) is 13.0 Å². The minimum Gasteiger partial charge on any atom is -0.481 e. The number of halogens is 3. The van der Waals surface area contributed by atoms with Gasteiger partial charge in [0.1, 0.15) is 0 Å². The van der Waals surface area contributed by atoms with Gasteiger partial charge in [0.2, 0.25) is 5.91 Å². The first-order valence-corrected chi connectivity index (χ1v) is 6.10. The van der Waals surface area contributed by atoms with Crippen LogP contribution in [0.25, 0.3) is 0 Å². The Morgan fingerprint density at radius 2 is 1.76 bits per heavy atom. The van der Waals surface area contributed by atoms with Crippen LogP contribution in [0.4, 0.5) is 13.2 Å². The number of hydrogen-bond donors (Lipinski definition) is 3. The van der Waals surface area contributed by atoms with Crippen LogP contribution in [0.2, 0.25) is 0 Å². The maximum atomic E-state index is 11.9. The van der Waals surface area contributed by atoms with Gasteiger partial charge in [-0.1, -0.05) is 24.3 Å². The van der Waals surface area contributed by atoms with Crippen LogP contribution in [0.5, 0.6) is 0 Å². The van der Waals surface area contributed by atoms with E-state index in [1.165, 1.54) is 0 Å². The van der Waals surface area contributed by atoms with Crippen LogP contribution in [0.15, 0.2) is 24.3 Å². The molecule has 0 aromatic heterocycles. The second-order valence-electron chi connectivity index (χ2n) is 4.33. The van der Waals surface area contributed by atoms with Crippen molar-refractivity contribution < 1.29 is 27.9 Å². The topological polar surface area (TPSA) is 78.4 Å². The summed E-state index contributed by atoms with van der Waals surface area (Å²) in [6, 6.07) is 6.64. The average molecular weight is 304 g/mol. The summed E-state index contributed by atoms with van der Waals surface area (Å²) in [7, 11) is 0. The number of amides is 1. The molecule has 0 aliphatic heterocycles. The molecule has 0 aliphatic carbocycles. The summed E-state index contributed by atoms with van der Waals surface area (Å²) in [4.78, 5) is 22.1. The third-order valence-electron chi connectivity index (χ3n) is 2.55. The molecule has 1 aromatic carbocycles. The van der Waals surface area contributed by atoms with Gasteiger partial charge in [-0.3, -0.25) is 9.59 Å².